The van der Waals surface area contributed by atoms with Gasteiger partial charge in [-0.1, -0.05) is 0 Å². The van der Waals surface area contributed by atoms with Gasteiger partial charge in [0.05, 0.1) is 41.0 Å². The van der Waals surface area contributed by atoms with Crippen LogP contribution in [-0.2, 0) is 9.47 Å². The summed E-state index contributed by atoms with van der Waals surface area (Å²) in [5.41, 5.74) is 0. The normalized spacial score (nSPS) is 27.0. The molecule has 3 nitrogen and oxygen atoms in total. The second kappa shape index (κ2) is 3.52. The molecule has 0 aliphatic carbocycles. The number of nitrogens with zero attached hydrogens (tertiary/aromatic N) is 1. The fourth-order valence-electron chi connectivity index (χ4n) is 1.25. The second-order valence-electron chi connectivity index (χ2n) is 4.04. The lowest BCUT2D eigenvalue weighted by atomic mass is 10.3. The van der Waals surface area contributed by atoms with Crippen LogP contribution in [0.3, 0.4) is 0 Å². The minimum Gasteiger partial charge on any atom is -0.376 e. The summed E-state index contributed by atoms with van der Waals surface area (Å²) < 4.78 is 11.7. The Balaban J connectivity index is 2.24. The van der Waals surface area contributed by atoms with Gasteiger partial charge in [-0.2, -0.15) is 0 Å². The van der Waals surface area contributed by atoms with E-state index in [1.165, 1.54) is 0 Å². The zero-order chi connectivity index (χ0) is 8.32. The van der Waals surface area contributed by atoms with Gasteiger partial charge in [-0.05, 0) is 0 Å². The predicted octanol–water partition coefficient (Wildman–Crippen LogP) is 0.108. The summed E-state index contributed by atoms with van der Waals surface area (Å²) >= 11 is 0. The maximum atomic E-state index is 5.51. The zero-order valence-electron chi connectivity index (χ0n) is 7.67. The smallest absolute Gasteiger partial charge is 0.130 e. The van der Waals surface area contributed by atoms with Crippen molar-refractivity contribution in [3.8, 4) is 0 Å². The van der Waals surface area contributed by atoms with Crippen LogP contribution in [0.4, 0.5) is 0 Å². The molecule has 1 heterocycles. The van der Waals surface area contributed by atoms with Crippen LogP contribution in [0.5, 0.6) is 0 Å². The number of likely N-dealkylation sites (N-methyl/N-ethyl adjacent to an activating group) is 1. The molecule has 0 bridgehead atoms. The number of hydrogen-bond acceptors (Lipinski definition) is 2. The summed E-state index contributed by atoms with van der Waals surface area (Å²) in [5.74, 6) is 0. The summed E-state index contributed by atoms with van der Waals surface area (Å²) in [6, 6.07) is 0. The predicted molar refractivity (Wildman–Crippen MR) is 43.5 cm³/mol. The highest BCUT2D eigenvalue weighted by atomic mass is 16.6. The van der Waals surface area contributed by atoms with Crippen LogP contribution in [0.1, 0.15) is 0 Å². The van der Waals surface area contributed by atoms with Crippen LogP contribution < -0.4 is 0 Å². The van der Waals surface area contributed by atoms with E-state index < -0.39 is 0 Å². The molecule has 0 radical (unpaired) electrons. The molecule has 11 heavy (non-hydrogen) atoms. The lowest BCUT2D eigenvalue weighted by molar-refractivity contribution is -0.874. The molecule has 0 N–H and O–H groups in total. The molecule has 1 aliphatic heterocycles. The number of hydrogen-bond donors (Lipinski definition) is 0. The van der Waals surface area contributed by atoms with Crippen molar-refractivity contribution in [1.82, 2.24) is 0 Å². The first-order valence-corrected chi connectivity index (χ1v) is 4.08. The van der Waals surface area contributed by atoms with Gasteiger partial charge in [-0.15, -0.1) is 0 Å². The van der Waals surface area contributed by atoms with Crippen LogP contribution in [0, 0.1) is 0 Å². The van der Waals surface area contributed by atoms with Crippen molar-refractivity contribution >= 4 is 0 Å². The second-order valence-corrected chi connectivity index (χ2v) is 4.04. The van der Waals surface area contributed by atoms with Crippen molar-refractivity contribution in [2.45, 2.75) is 6.10 Å². The molecule has 0 amide bonds. The molecule has 0 saturated carbocycles. The van der Waals surface area contributed by atoms with E-state index in [2.05, 4.69) is 21.1 Å². The van der Waals surface area contributed by atoms with Gasteiger partial charge in [-0.25, -0.2) is 0 Å². The molecule has 66 valence electrons. The van der Waals surface area contributed by atoms with E-state index in [1.807, 2.05) is 0 Å². The molecule has 1 atom stereocenters. The zero-order valence-corrected chi connectivity index (χ0v) is 7.67. The van der Waals surface area contributed by atoms with Gasteiger partial charge in [0, 0.05) is 0 Å². The van der Waals surface area contributed by atoms with Gasteiger partial charge >= 0.3 is 0 Å². The molecule has 1 rings (SSSR count). The standard InChI is InChI=1S/C8H18NO2/c1-9(2,3)6-8-7-10-4-5-11-8/h8H,4-7H2,1-3H3/q+1/t8-/m0/s1. The highest BCUT2D eigenvalue weighted by molar-refractivity contribution is 4.58. The summed E-state index contributed by atoms with van der Waals surface area (Å²) in [5, 5.41) is 0. The van der Waals surface area contributed by atoms with Crippen LogP contribution in [0.25, 0.3) is 0 Å². The topological polar surface area (TPSA) is 18.5 Å². The first-order chi connectivity index (χ1) is 5.08. The minimum absolute atomic E-state index is 0.295. The van der Waals surface area contributed by atoms with Gasteiger partial charge in [0.1, 0.15) is 12.6 Å². The van der Waals surface area contributed by atoms with Gasteiger partial charge in [0.2, 0.25) is 0 Å². The highest BCUT2D eigenvalue weighted by Gasteiger charge is 2.21. The Labute approximate surface area is 68.5 Å². The van der Waals surface area contributed by atoms with Crippen molar-refractivity contribution in [3.05, 3.63) is 0 Å². The third-order valence-corrected chi connectivity index (χ3v) is 1.64. The molecule has 3 heteroatoms. The molecular formula is C8H18NO2+. The summed E-state index contributed by atoms with van der Waals surface area (Å²) in [7, 11) is 6.49. The maximum absolute atomic E-state index is 5.51. The largest absolute Gasteiger partial charge is 0.376 e. The van der Waals surface area contributed by atoms with Crippen molar-refractivity contribution in [3.63, 3.8) is 0 Å². The third-order valence-electron chi connectivity index (χ3n) is 1.64. The average Bonchev–Trinajstić information content (AvgIpc) is 1.85. The van der Waals surface area contributed by atoms with Gasteiger partial charge in [0.25, 0.3) is 0 Å². The van der Waals surface area contributed by atoms with Gasteiger partial charge in [0.15, 0.2) is 0 Å². The van der Waals surface area contributed by atoms with E-state index in [-0.39, 0.29) is 0 Å². The average molecular weight is 160 g/mol. The SMILES string of the molecule is C[N+](C)(C)C[C@H]1COCCO1. The molecule has 0 aromatic rings. The van der Waals surface area contributed by atoms with E-state index in [0.29, 0.717) is 6.10 Å². The van der Waals surface area contributed by atoms with Crippen molar-refractivity contribution in [1.29, 1.82) is 0 Å². The number of rotatable bonds is 2. The first kappa shape index (κ1) is 8.97. The lowest BCUT2D eigenvalue weighted by Crippen LogP contribution is -2.46. The van der Waals surface area contributed by atoms with Crippen LogP contribution in [-0.4, -0.2) is 58.1 Å². The quantitative estimate of drug-likeness (QED) is 0.534. The first-order valence-electron chi connectivity index (χ1n) is 4.08. The number of ether oxygens (including phenoxy) is 2. The molecule has 1 aliphatic rings. The number of quaternary nitrogens is 1. The van der Waals surface area contributed by atoms with E-state index in [4.69, 9.17) is 9.47 Å². The van der Waals surface area contributed by atoms with Crippen molar-refractivity contribution < 1.29 is 14.0 Å². The molecule has 1 fully saturated rings. The van der Waals surface area contributed by atoms with Crippen LogP contribution >= 0.6 is 0 Å². The van der Waals surface area contributed by atoms with Crippen molar-refractivity contribution in [2.24, 2.45) is 0 Å². The van der Waals surface area contributed by atoms with Crippen LogP contribution in [0.2, 0.25) is 0 Å². The fraction of sp³-hybridized carbons (Fsp3) is 1.00. The molecule has 0 spiro atoms. The minimum atomic E-state index is 0.295. The summed E-state index contributed by atoms with van der Waals surface area (Å²) in [4.78, 5) is 0. The Hall–Kier alpha value is -0.120. The summed E-state index contributed by atoms with van der Waals surface area (Å²) in [6.07, 6.45) is 0.295. The Morgan fingerprint density at radius 2 is 2.00 bits per heavy atom. The third kappa shape index (κ3) is 3.70. The maximum Gasteiger partial charge on any atom is 0.130 e. The Kier molecular flexibility index (Phi) is 2.87. The van der Waals surface area contributed by atoms with E-state index in [0.717, 1.165) is 30.8 Å². The molecule has 0 unspecified atom stereocenters. The van der Waals surface area contributed by atoms with E-state index >= 15 is 0 Å². The highest BCUT2D eigenvalue weighted by Crippen LogP contribution is 2.04. The molecular weight excluding hydrogens is 142 g/mol. The Morgan fingerprint density at radius 3 is 2.45 bits per heavy atom. The monoisotopic (exact) mass is 160 g/mol. The van der Waals surface area contributed by atoms with Crippen LogP contribution in [0.15, 0.2) is 0 Å². The Bertz CT molecular complexity index is 114. The van der Waals surface area contributed by atoms with Crippen molar-refractivity contribution in [2.75, 3.05) is 47.5 Å². The summed E-state index contributed by atoms with van der Waals surface area (Å²) in [6.45, 7) is 3.30. The molecule has 0 aromatic carbocycles. The Morgan fingerprint density at radius 1 is 1.27 bits per heavy atom. The molecule has 1 saturated heterocycles. The van der Waals surface area contributed by atoms with E-state index in [9.17, 15) is 0 Å². The molecule has 0 aromatic heterocycles. The fourth-order valence-corrected chi connectivity index (χ4v) is 1.25. The lowest BCUT2D eigenvalue weighted by Gasteiger charge is -2.31. The van der Waals surface area contributed by atoms with Gasteiger partial charge < -0.3 is 14.0 Å². The van der Waals surface area contributed by atoms with Gasteiger partial charge in [-0.3, -0.25) is 0 Å². The van der Waals surface area contributed by atoms with E-state index in [1.54, 1.807) is 0 Å².